The van der Waals surface area contributed by atoms with Gasteiger partial charge in [0.25, 0.3) is 0 Å². The number of β-amino-alcohol motifs (C(OH)–C–C–N with tert-alkyl or cyclic N) is 1. The van der Waals surface area contributed by atoms with E-state index >= 15 is 0 Å². The van der Waals surface area contributed by atoms with Crippen molar-refractivity contribution in [1.29, 1.82) is 0 Å². The lowest BCUT2D eigenvalue weighted by Crippen LogP contribution is -2.34. The molecule has 0 saturated carbocycles. The molecule has 3 aromatic rings. The largest absolute Gasteiger partial charge is 0.497 e. The number of ether oxygens (including phenoxy) is 2. The predicted octanol–water partition coefficient (Wildman–Crippen LogP) is 4.66. The van der Waals surface area contributed by atoms with Crippen molar-refractivity contribution in [3.05, 3.63) is 81.6 Å². The van der Waals surface area contributed by atoms with Crippen molar-refractivity contribution in [3.8, 4) is 11.5 Å². The molecule has 0 spiro atoms. The fraction of sp³-hybridized carbons (Fsp3) is 0.227. The summed E-state index contributed by atoms with van der Waals surface area (Å²) in [5.74, 6) is 1.44. The van der Waals surface area contributed by atoms with E-state index in [9.17, 15) is 5.11 Å². The number of rotatable bonds is 5. The van der Waals surface area contributed by atoms with Crippen LogP contribution in [0.2, 0.25) is 10.0 Å². The van der Waals surface area contributed by atoms with Crippen LogP contribution >= 0.6 is 23.2 Å². The highest BCUT2D eigenvalue weighted by Crippen LogP contribution is 2.47. The lowest BCUT2D eigenvalue weighted by Gasteiger charge is -2.27. The van der Waals surface area contributed by atoms with Crippen molar-refractivity contribution in [2.24, 2.45) is 0 Å². The molecule has 1 aromatic heterocycles. The van der Waals surface area contributed by atoms with Gasteiger partial charge in [-0.3, -0.25) is 4.98 Å². The number of anilines is 1. The number of aliphatic hydroxyl groups is 1. The Morgan fingerprint density at radius 3 is 2.62 bits per heavy atom. The summed E-state index contributed by atoms with van der Waals surface area (Å²) in [6.45, 7) is 0.856. The second-order valence-corrected chi connectivity index (χ2v) is 7.75. The number of hydrogen-bond acceptors (Lipinski definition) is 5. The van der Waals surface area contributed by atoms with Crippen molar-refractivity contribution in [3.63, 3.8) is 0 Å². The van der Waals surface area contributed by atoms with Gasteiger partial charge in [-0.05, 0) is 36.4 Å². The minimum atomic E-state index is -1.31. The monoisotopic (exact) mass is 430 g/mol. The third kappa shape index (κ3) is 3.50. The van der Waals surface area contributed by atoms with Gasteiger partial charge in [-0.15, -0.1) is 0 Å². The zero-order valence-corrected chi connectivity index (χ0v) is 17.5. The smallest absolute Gasteiger partial charge is 0.136 e. The number of halogens is 2. The number of aromatic nitrogens is 1. The number of fused-ring (bicyclic) bond motifs is 1. The zero-order valence-electron chi connectivity index (χ0n) is 16.0. The maximum absolute atomic E-state index is 11.7. The van der Waals surface area contributed by atoms with Crippen LogP contribution in [0.4, 0.5) is 5.69 Å². The third-order valence-electron chi connectivity index (χ3n) is 5.24. The van der Waals surface area contributed by atoms with Crippen LogP contribution in [0.25, 0.3) is 0 Å². The Bertz CT molecular complexity index is 1060. The molecule has 0 fully saturated rings. The summed E-state index contributed by atoms with van der Waals surface area (Å²) in [7, 11) is 3.25. The van der Waals surface area contributed by atoms with E-state index in [1.165, 1.54) is 6.20 Å². The average Bonchev–Trinajstić information content (AvgIpc) is 3.00. The number of benzene rings is 2. The highest BCUT2D eigenvalue weighted by Gasteiger charge is 2.44. The van der Waals surface area contributed by atoms with Crippen LogP contribution in [-0.4, -0.2) is 30.9 Å². The summed E-state index contributed by atoms with van der Waals surface area (Å²) in [6, 6.07) is 13.0. The molecule has 0 amide bonds. The van der Waals surface area contributed by atoms with Crippen LogP contribution in [0.3, 0.4) is 0 Å². The van der Waals surface area contributed by atoms with E-state index in [1.807, 2.05) is 30.3 Å². The summed E-state index contributed by atoms with van der Waals surface area (Å²) in [4.78, 5) is 6.13. The predicted molar refractivity (Wildman–Crippen MR) is 114 cm³/mol. The lowest BCUT2D eigenvalue weighted by molar-refractivity contribution is 0.0978. The van der Waals surface area contributed by atoms with E-state index in [4.69, 9.17) is 32.7 Å². The first kappa shape index (κ1) is 19.8. The second kappa shape index (κ2) is 7.75. The molecule has 0 saturated heterocycles. The molecule has 150 valence electrons. The van der Waals surface area contributed by atoms with Gasteiger partial charge in [-0.2, -0.15) is 0 Å². The first-order valence-corrected chi connectivity index (χ1v) is 9.80. The van der Waals surface area contributed by atoms with Gasteiger partial charge in [0, 0.05) is 52.4 Å². The molecule has 1 atom stereocenters. The SMILES string of the molecule is COc1ccc(CN2CC(O)(c3ccncc3Cl)c3cc(Cl)ccc32)c(OC)c1. The average molecular weight is 431 g/mol. The summed E-state index contributed by atoms with van der Waals surface area (Å²) in [6.07, 6.45) is 3.16. The molecule has 1 unspecified atom stereocenters. The maximum atomic E-state index is 11.7. The fourth-order valence-corrected chi connectivity index (χ4v) is 4.28. The van der Waals surface area contributed by atoms with E-state index in [-0.39, 0.29) is 0 Å². The van der Waals surface area contributed by atoms with Crippen LogP contribution in [-0.2, 0) is 12.1 Å². The van der Waals surface area contributed by atoms with E-state index < -0.39 is 5.60 Å². The lowest BCUT2D eigenvalue weighted by atomic mass is 9.89. The molecule has 29 heavy (non-hydrogen) atoms. The molecule has 0 aliphatic carbocycles. The minimum absolute atomic E-state index is 0.321. The van der Waals surface area contributed by atoms with Crippen LogP contribution < -0.4 is 14.4 Å². The van der Waals surface area contributed by atoms with Crippen LogP contribution in [0.5, 0.6) is 11.5 Å². The highest BCUT2D eigenvalue weighted by molar-refractivity contribution is 6.31. The molecule has 1 aliphatic heterocycles. The van der Waals surface area contributed by atoms with Crippen LogP contribution in [0, 0.1) is 0 Å². The Labute approximate surface area is 179 Å². The summed E-state index contributed by atoms with van der Waals surface area (Å²) < 4.78 is 10.8. The Kier molecular flexibility index (Phi) is 5.30. The van der Waals surface area contributed by atoms with Gasteiger partial charge >= 0.3 is 0 Å². The quantitative estimate of drug-likeness (QED) is 0.637. The molecule has 5 nitrogen and oxygen atoms in total. The third-order valence-corrected chi connectivity index (χ3v) is 5.77. The molecule has 2 aromatic carbocycles. The van der Waals surface area contributed by atoms with Crippen molar-refractivity contribution in [2.75, 3.05) is 25.7 Å². The minimum Gasteiger partial charge on any atom is -0.497 e. The van der Waals surface area contributed by atoms with E-state index in [0.717, 1.165) is 22.7 Å². The van der Waals surface area contributed by atoms with Crippen LogP contribution in [0.1, 0.15) is 16.7 Å². The van der Waals surface area contributed by atoms with Crippen molar-refractivity contribution in [1.82, 2.24) is 4.98 Å². The summed E-state index contributed by atoms with van der Waals surface area (Å²) in [5.41, 5.74) is 1.87. The topological polar surface area (TPSA) is 54.8 Å². The molecule has 2 heterocycles. The molecule has 0 radical (unpaired) electrons. The first-order chi connectivity index (χ1) is 14.0. The van der Waals surface area contributed by atoms with Gasteiger partial charge < -0.3 is 19.5 Å². The molecule has 1 N–H and O–H groups in total. The van der Waals surface area contributed by atoms with Gasteiger partial charge in [0.1, 0.15) is 17.1 Å². The fourth-order valence-electron chi connectivity index (χ4n) is 3.83. The standard InChI is InChI=1S/C22H20Cl2N2O3/c1-28-16-5-3-14(21(10-16)29-2)12-26-13-22(27,17-7-8-25-11-19(17)24)18-9-15(23)4-6-20(18)26/h3-11,27H,12-13H2,1-2H3. The normalized spacial score (nSPS) is 17.9. The molecule has 7 heteroatoms. The number of nitrogens with zero attached hydrogens (tertiary/aromatic N) is 2. The Morgan fingerprint density at radius 1 is 1.07 bits per heavy atom. The van der Waals surface area contributed by atoms with Gasteiger partial charge in [0.05, 0.1) is 25.8 Å². The van der Waals surface area contributed by atoms with E-state index in [0.29, 0.717) is 34.3 Å². The van der Waals surface area contributed by atoms with Crippen LogP contribution in [0.15, 0.2) is 54.9 Å². The number of hydrogen-bond donors (Lipinski definition) is 1. The van der Waals surface area contributed by atoms with Gasteiger partial charge in [-0.25, -0.2) is 0 Å². The second-order valence-electron chi connectivity index (χ2n) is 6.91. The Balaban J connectivity index is 1.77. The maximum Gasteiger partial charge on any atom is 0.136 e. The summed E-state index contributed by atoms with van der Waals surface area (Å²) >= 11 is 12.6. The van der Waals surface area contributed by atoms with Crippen molar-refractivity contribution >= 4 is 28.9 Å². The molecule has 4 rings (SSSR count). The molecule has 1 aliphatic rings. The number of pyridine rings is 1. The van der Waals surface area contributed by atoms with Crippen molar-refractivity contribution < 1.29 is 14.6 Å². The Hall–Kier alpha value is -2.47. The van der Waals surface area contributed by atoms with Crippen molar-refractivity contribution in [2.45, 2.75) is 12.1 Å². The van der Waals surface area contributed by atoms with Gasteiger partial charge in [0.15, 0.2) is 0 Å². The van der Waals surface area contributed by atoms with Gasteiger partial charge in [0.2, 0.25) is 0 Å². The highest BCUT2D eigenvalue weighted by atomic mass is 35.5. The number of methoxy groups -OCH3 is 2. The van der Waals surface area contributed by atoms with Gasteiger partial charge in [-0.1, -0.05) is 23.2 Å². The molecule has 0 bridgehead atoms. The summed E-state index contributed by atoms with van der Waals surface area (Å²) in [5, 5.41) is 12.7. The zero-order chi connectivity index (χ0) is 20.6. The van der Waals surface area contributed by atoms with E-state index in [2.05, 4.69) is 9.88 Å². The molecular formula is C22H20Cl2N2O3. The Morgan fingerprint density at radius 2 is 1.90 bits per heavy atom. The van der Waals surface area contributed by atoms with E-state index in [1.54, 1.807) is 32.5 Å². The molecular weight excluding hydrogens is 411 g/mol. The first-order valence-electron chi connectivity index (χ1n) is 9.04.